The minimum Gasteiger partial charge on any atom is -0.275 e. The van der Waals surface area contributed by atoms with Gasteiger partial charge in [-0.25, -0.2) is 0 Å². The van der Waals surface area contributed by atoms with Crippen molar-refractivity contribution in [2.75, 3.05) is 0 Å². The molecule has 0 amide bonds. The molecule has 0 aliphatic heterocycles. The predicted molar refractivity (Wildman–Crippen MR) is 55.9 cm³/mol. The summed E-state index contributed by atoms with van der Waals surface area (Å²) < 4.78 is 2.02. The third-order valence-electron chi connectivity index (χ3n) is 2.25. The fourth-order valence-electron chi connectivity index (χ4n) is 1.51. The molecule has 1 aliphatic carbocycles. The number of rotatable bonds is 1. The van der Waals surface area contributed by atoms with Crippen LogP contribution < -0.4 is 0 Å². The average Bonchev–Trinajstić information content (AvgIpc) is 2.40. The lowest BCUT2D eigenvalue weighted by Gasteiger charge is -1.96. The van der Waals surface area contributed by atoms with Crippen LogP contribution in [0.1, 0.15) is 23.6 Å². The first-order valence-corrected chi connectivity index (χ1v) is 5.47. The number of alkyl halides is 2. The standard InChI is InChI=1S/C8H10Br2N2/c1-5-6(4-12(2)11-5)7-3-8(7,9)10/h4,7H,3H2,1-2H3. The first kappa shape index (κ1) is 8.75. The third kappa shape index (κ3) is 1.35. The normalized spacial score (nSPS) is 25.8. The lowest BCUT2D eigenvalue weighted by atomic mass is 10.2. The molecule has 4 heteroatoms. The van der Waals surface area contributed by atoms with E-state index in [9.17, 15) is 0 Å². The van der Waals surface area contributed by atoms with Gasteiger partial charge < -0.3 is 0 Å². The van der Waals surface area contributed by atoms with Crippen LogP contribution in [0.4, 0.5) is 0 Å². The third-order valence-corrected chi connectivity index (χ3v) is 4.01. The quantitative estimate of drug-likeness (QED) is 0.728. The van der Waals surface area contributed by atoms with Crippen LogP contribution in [0.3, 0.4) is 0 Å². The number of aromatic nitrogens is 2. The second kappa shape index (κ2) is 2.58. The Hall–Kier alpha value is 0.170. The number of halogens is 2. The van der Waals surface area contributed by atoms with Gasteiger partial charge in [-0.2, -0.15) is 5.10 Å². The Morgan fingerprint density at radius 3 is 2.58 bits per heavy atom. The molecule has 0 spiro atoms. The van der Waals surface area contributed by atoms with Crippen molar-refractivity contribution >= 4 is 31.9 Å². The molecule has 1 fully saturated rings. The van der Waals surface area contributed by atoms with Crippen molar-refractivity contribution in [1.82, 2.24) is 9.78 Å². The van der Waals surface area contributed by atoms with Crippen molar-refractivity contribution in [3.63, 3.8) is 0 Å². The van der Waals surface area contributed by atoms with Crippen molar-refractivity contribution in [2.45, 2.75) is 22.5 Å². The Morgan fingerprint density at radius 1 is 1.67 bits per heavy atom. The lowest BCUT2D eigenvalue weighted by molar-refractivity contribution is 0.756. The molecule has 1 aromatic rings. The first-order valence-electron chi connectivity index (χ1n) is 3.88. The summed E-state index contributed by atoms with van der Waals surface area (Å²) in [6.45, 7) is 2.06. The molecule has 0 aromatic carbocycles. The molecule has 0 saturated heterocycles. The van der Waals surface area contributed by atoms with Crippen LogP contribution in [0, 0.1) is 6.92 Å². The van der Waals surface area contributed by atoms with E-state index in [-0.39, 0.29) is 3.23 Å². The molecule has 1 aromatic heterocycles. The van der Waals surface area contributed by atoms with Crippen molar-refractivity contribution in [3.05, 3.63) is 17.5 Å². The predicted octanol–water partition coefficient (Wildman–Crippen LogP) is 2.70. The van der Waals surface area contributed by atoms with Gasteiger partial charge in [0.1, 0.15) is 0 Å². The van der Waals surface area contributed by atoms with Gasteiger partial charge in [0.2, 0.25) is 0 Å². The van der Waals surface area contributed by atoms with Crippen molar-refractivity contribution in [2.24, 2.45) is 7.05 Å². The minimum absolute atomic E-state index is 0.147. The molecule has 66 valence electrons. The van der Waals surface area contributed by atoms with Gasteiger partial charge in [0.15, 0.2) is 0 Å². The molecule has 1 saturated carbocycles. The zero-order valence-corrected chi connectivity index (χ0v) is 10.2. The van der Waals surface area contributed by atoms with Crippen LogP contribution in [-0.2, 0) is 7.05 Å². The molecule has 2 nitrogen and oxygen atoms in total. The summed E-state index contributed by atoms with van der Waals surface area (Å²) >= 11 is 7.22. The Bertz CT molecular complexity index is 317. The van der Waals surface area contributed by atoms with E-state index < -0.39 is 0 Å². The van der Waals surface area contributed by atoms with Crippen LogP contribution in [0.25, 0.3) is 0 Å². The highest BCUT2D eigenvalue weighted by atomic mass is 79.9. The zero-order valence-electron chi connectivity index (χ0n) is 7.01. The average molecular weight is 294 g/mol. The molecule has 1 atom stereocenters. The van der Waals surface area contributed by atoms with Crippen LogP contribution in [0.15, 0.2) is 6.20 Å². The van der Waals surface area contributed by atoms with Gasteiger partial charge in [-0.3, -0.25) is 4.68 Å². The molecule has 2 rings (SSSR count). The summed E-state index contributed by atoms with van der Waals surface area (Å²) in [4.78, 5) is 0. The van der Waals surface area contributed by atoms with Gasteiger partial charge >= 0.3 is 0 Å². The van der Waals surface area contributed by atoms with Crippen molar-refractivity contribution < 1.29 is 0 Å². The largest absolute Gasteiger partial charge is 0.275 e. The van der Waals surface area contributed by atoms with E-state index in [2.05, 4.69) is 50.1 Å². The fourth-order valence-corrected chi connectivity index (χ4v) is 2.65. The molecule has 0 radical (unpaired) electrons. The highest BCUT2D eigenvalue weighted by Crippen LogP contribution is 2.62. The SMILES string of the molecule is Cc1nn(C)cc1C1CC1(Br)Br. The second-order valence-corrected chi connectivity index (χ2v) is 7.26. The lowest BCUT2D eigenvalue weighted by Crippen LogP contribution is -1.88. The van der Waals surface area contributed by atoms with Crippen LogP contribution in [0.2, 0.25) is 0 Å². The van der Waals surface area contributed by atoms with E-state index in [1.54, 1.807) is 0 Å². The summed E-state index contributed by atoms with van der Waals surface area (Å²) in [5.74, 6) is 0.589. The summed E-state index contributed by atoms with van der Waals surface area (Å²) in [6, 6.07) is 0. The van der Waals surface area contributed by atoms with E-state index in [1.165, 1.54) is 5.56 Å². The van der Waals surface area contributed by atoms with E-state index in [0.717, 1.165) is 12.1 Å². The van der Waals surface area contributed by atoms with Crippen LogP contribution >= 0.6 is 31.9 Å². The molecule has 1 unspecified atom stereocenters. The van der Waals surface area contributed by atoms with Crippen molar-refractivity contribution in [3.8, 4) is 0 Å². The molecular formula is C8H10Br2N2. The van der Waals surface area contributed by atoms with E-state index in [0.29, 0.717) is 5.92 Å². The monoisotopic (exact) mass is 292 g/mol. The maximum absolute atomic E-state index is 4.31. The van der Waals surface area contributed by atoms with Gasteiger partial charge in [0, 0.05) is 19.2 Å². The van der Waals surface area contributed by atoms with Gasteiger partial charge in [-0.05, 0) is 18.9 Å². The number of aryl methyl sites for hydroxylation is 2. The molecular weight excluding hydrogens is 284 g/mol. The van der Waals surface area contributed by atoms with E-state index >= 15 is 0 Å². The molecule has 1 aliphatic rings. The topological polar surface area (TPSA) is 17.8 Å². The van der Waals surface area contributed by atoms with Crippen LogP contribution in [-0.4, -0.2) is 13.0 Å². The number of hydrogen-bond acceptors (Lipinski definition) is 1. The Kier molecular flexibility index (Phi) is 1.88. The summed E-state index contributed by atoms with van der Waals surface area (Å²) in [7, 11) is 1.96. The Balaban J connectivity index is 2.30. The Morgan fingerprint density at radius 2 is 2.25 bits per heavy atom. The minimum atomic E-state index is 0.147. The van der Waals surface area contributed by atoms with Gasteiger partial charge in [-0.15, -0.1) is 0 Å². The highest BCUT2D eigenvalue weighted by molar-refractivity contribution is 9.25. The molecule has 0 N–H and O–H groups in total. The molecule has 0 bridgehead atoms. The van der Waals surface area contributed by atoms with E-state index in [1.807, 2.05) is 11.7 Å². The van der Waals surface area contributed by atoms with Gasteiger partial charge in [0.05, 0.1) is 8.93 Å². The summed E-state index contributed by atoms with van der Waals surface area (Å²) in [6.07, 6.45) is 3.25. The fraction of sp³-hybridized carbons (Fsp3) is 0.625. The van der Waals surface area contributed by atoms with Crippen molar-refractivity contribution in [1.29, 1.82) is 0 Å². The maximum Gasteiger partial charge on any atom is 0.0882 e. The smallest absolute Gasteiger partial charge is 0.0882 e. The molecule has 1 heterocycles. The summed E-state index contributed by atoms with van der Waals surface area (Å²) in [5, 5.41) is 4.31. The van der Waals surface area contributed by atoms with Gasteiger partial charge in [0.25, 0.3) is 0 Å². The second-order valence-electron chi connectivity index (χ2n) is 3.36. The number of nitrogens with zero attached hydrogens (tertiary/aromatic N) is 2. The maximum atomic E-state index is 4.31. The highest BCUT2D eigenvalue weighted by Gasteiger charge is 2.52. The zero-order chi connectivity index (χ0) is 8.93. The number of hydrogen-bond donors (Lipinski definition) is 0. The van der Waals surface area contributed by atoms with E-state index in [4.69, 9.17) is 0 Å². The Labute approximate surface area is 88.6 Å². The van der Waals surface area contributed by atoms with Gasteiger partial charge in [-0.1, -0.05) is 31.9 Å². The summed E-state index contributed by atoms with van der Waals surface area (Å²) in [5.41, 5.74) is 2.49. The van der Waals surface area contributed by atoms with Crippen LogP contribution in [0.5, 0.6) is 0 Å². The first-order chi connectivity index (χ1) is 5.50. The molecule has 12 heavy (non-hydrogen) atoms.